The standard InChI is InChI=1S/C24H17F3N6O2/c1-33-14-16(13-30-33)22-11-20(7-8-29-22)35-19-4-2-3-17(9-19)31-23(34)32-18-6-5-15(12-28)21(10-18)24(25,26)27/h2-11,13-14H,1H3,(H2,31,32,34). The second kappa shape index (κ2) is 9.56. The Hall–Kier alpha value is -4.85. The molecule has 4 rings (SSSR count). The molecule has 4 aromatic rings. The third-order valence-electron chi connectivity index (χ3n) is 4.76. The molecular weight excluding hydrogens is 461 g/mol. The Bertz CT molecular complexity index is 1430. The summed E-state index contributed by atoms with van der Waals surface area (Å²) >= 11 is 0. The van der Waals surface area contributed by atoms with Crippen LogP contribution >= 0.6 is 0 Å². The molecule has 11 heteroatoms. The number of carbonyl (C=O) groups is 1. The lowest BCUT2D eigenvalue weighted by Crippen LogP contribution is -2.20. The minimum atomic E-state index is -4.73. The maximum Gasteiger partial charge on any atom is 0.417 e. The highest BCUT2D eigenvalue weighted by molar-refractivity contribution is 6.00. The average Bonchev–Trinajstić information content (AvgIpc) is 3.25. The predicted octanol–water partition coefficient (Wildman–Crippen LogP) is 5.81. The molecule has 2 aromatic heterocycles. The van der Waals surface area contributed by atoms with E-state index in [1.165, 1.54) is 12.1 Å². The summed E-state index contributed by atoms with van der Waals surface area (Å²) < 4.78 is 47.0. The molecule has 0 unspecified atom stereocenters. The second-order valence-electron chi connectivity index (χ2n) is 7.36. The van der Waals surface area contributed by atoms with Crippen LogP contribution in [0.15, 0.2) is 73.2 Å². The lowest BCUT2D eigenvalue weighted by molar-refractivity contribution is -0.137. The molecular formula is C24H17F3N6O2. The van der Waals surface area contributed by atoms with E-state index in [0.29, 0.717) is 28.9 Å². The molecule has 8 nitrogen and oxygen atoms in total. The number of nitrogens with one attached hydrogen (secondary N) is 2. The first-order valence-electron chi connectivity index (χ1n) is 10.1. The Morgan fingerprint density at radius 2 is 1.80 bits per heavy atom. The van der Waals surface area contributed by atoms with Gasteiger partial charge in [0.2, 0.25) is 0 Å². The van der Waals surface area contributed by atoms with Gasteiger partial charge in [0.25, 0.3) is 0 Å². The van der Waals surface area contributed by atoms with Gasteiger partial charge < -0.3 is 15.4 Å². The monoisotopic (exact) mass is 478 g/mol. The molecule has 0 bridgehead atoms. The second-order valence-corrected chi connectivity index (χ2v) is 7.36. The van der Waals surface area contributed by atoms with Crippen molar-refractivity contribution in [1.82, 2.24) is 14.8 Å². The van der Waals surface area contributed by atoms with Gasteiger partial charge in [-0.3, -0.25) is 9.67 Å². The molecule has 2 amide bonds. The van der Waals surface area contributed by atoms with Crippen LogP contribution in [0.5, 0.6) is 11.5 Å². The third kappa shape index (κ3) is 5.75. The quantitative estimate of drug-likeness (QED) is 0.377. The van der Waals surface area contributed by atoms with E-state index >= 15 is 0 Å². The number of carbonyl (C=O) groups excluding carboxylic acids is 1. The number of benzene rings is 2. The first-order chi connectivity index (χ1) is 16.7. The summed E-state index contributed by atoms with van der Waals surface area (Å²) in [5.41, 5.74) is 0.0749. The number of nitriles is 1. The molecule has 2 N–H and O–H groups in total. The predicted molar refractivity (Wildman–Crippen MR) is 122 cm³/mol. The van der Waals surface area contributed by atoms with Crippen LogP contribution in [-0.4, -0.2) is 20.8 Å². The fourth-order valence-corrected chi connectivity index (χ4v) is 3.21. The summed E-state index contributed by atoms with van der Waals surface area (Å²) in [6.07, 6.45) is 0.371. The summed E-state index contributed by atoms with van der Waals surface area (Å²) in [4.78, 5) is 16.7. The minimum absolute atomic E-state index is 0.110. The number of urea groups is 1. The van der Waals surface area contributed by atoms with Crippen LogP contribution < -0.4 is 15.4 Å². The molecule has 0 aliphatic heterocycles. The van der Waals surface area contributed by atoms with Gasteiger partial charge in [-0.1, -0.05) is 6.07 Å². The van der Waals surface area contributed by atoms with E-state index in [1.54, 1.807) is 60.5 Å². The first kappa shape index (κ1) is 23.3. The van der Waals surface area contributed by atoms with Gasteiger partial charge in [-0.05, 0) is 36.4 Å². The highest BCUT2D eigenvalue weighted by atomic mass is 19.4. The molecule has 0 saturated carbocycles. The zero-order valence-electron chi connectivity index (χ0n) is 18.2. The zero-order chi connectivity index (χ0) is 25.0. The lowest BCUT2D eigenvalue weighted by Gasteiger charge is -2.13. The van der Waals surface area contributed by atoms with Crippen LogP contribution in [-0.2, 0) is 13.2 Å². The Morgan fingerprint density at radius 1 is 1.06 bits per heavy atom. The average molecular weight is 478 g/mol. The molecule has 0 fully saturated rings. The van der Waals surface area contributed by atoms with Crippen molar-refractivity contribution in [3.8, 4) is 28.8 Å². The number of anilines is 2. The van der Waals surface area contributed by atoms with Crippen molar-refractivity contribution in [2.75, 3.05) is 10.6 Å². The fourth-order valence-electron chi connectivity index (χ4n) is 3.21. The van der Waals surface area contributed by atoms with E-state index in [4.69, 9.17) is 10.00 Å². The van der Waals surface area contributed by atoms with Gasteiger partial charge in [0.1, 0.15) is 11.5 Å². The summed E-state index contributed by atoms with van der Waals surface area (Å²) in [5, 5.41) is 17.9. The van der Waals surface area contributed by atoms with Crippen molar-refractivity contribution in [3.05, 3.63) is 84.3 Å². The largest absolute Gasteiger partial charge is 0.457 e. The molecule has 0 saturated heterocycles. The van der Waals surface area contributed by atoms with E-state index in [9.17, 15) is 18.0 Å². The third-order valence-corrected chi connectivity index (χ3v) is 4.76. The minimum Gasteiger partial charge on any atom is -0.457 e. The maximum atomic E-state index is 13.1. The zero-order valence-corrected chi connectivity index (χ0v) is 18.2. The molecule has 0 radical (unpaired) electrons. The van der Waals surface area contributed by atoms with Gasteiger partial charge in [-0.25, -0.2) is 4.79 Å². The Morgan fingerprint density at radius 3 is 2.49 bits per heavy atom. The van der Waals surface area contributed by atoms with Gasteiger partial charge in [-0.15, -0.1) is 0 Å². The van der Waals surface area contributed by atoms with E-state index < -0.39 is 23.3 Å². The smallest absolute Gasteiger partial charge is 0.417 e. The number of amides is 2. The number of rotatable bonds is 5. The molecule has 0 aliphatic carbocycles. The number of nitrogens with zero attached hydrogens (tertiary/aromatic N) is 4. The Kier molecular flexibility index (Phi) is 6.37. The van der Waals surface area contributed by atoms with Crippen molar-refractivity contribution in [2.45, 2.75) is 6.18 Å². The van der Waals surface area contributed by atoms with Gasteiger partial charge in [-0.2, -0.15) is 23.5 Å². The number of halogens is 3. The van der Waals surface area contributed by atoms with E-state index in [0.717, 1.165) is 11.6 Å². The topological polar surface area (TPSA) is 105 Å². The van der Waals surface area contributed by atoms with Crippen LogP contribution in [0.2, 0.25) is 0 Å². The number of alkyl halides is 3. The summed E-state index contributed by atoms with van der Waals surface area (Å²) in [7, 11) is 1.80. The number of hydrogen-bond acceptors (Lipinski definition) is 5. The number of hydrogen-bond donors (Lipinski definition) is 2. The molecule has 176 valence electrons. The highest BCUT2D eigenvalue weighted by Gasteiger charge is 2.34. The van der Waals surface area contributed by atoms with Gasteiger partial charge >= 0.3 is 12.2 Å². The first-order valence-corrected chi connectivity index (χ1v) is 10.1. The highest BCUT2D eigenvalue weighted by Crippen LogP contribution is 2.33. The molecule has 0 aliphatic rings. The fraction of sp³-hybridized carbons (Fsp3) is 0.0833. The van der Waals surface area contributed by atoms with Crippen LogP contribution in [0.1, 0.15) is 11.1 Å². The summed E-state index contributed by atoms with van der Waals surface area (Å²) in [6, 6.07) is 13.6. The lowest BCUT2D eigenvalue weighted by atomic mass is 10.1. The SMILES string of the molecule is Cn1cc(-c2cc(Oc3cccc(NC(=O)Nc4ccc(C#N)c(C(F)(F)F)c4)c3)ccn2)cn1. The number of pyridine rings is 1. The maximum absolute atomic E-state index is 13.1. The Balaban J connectivity index is 1.45. The van der Waals surface area contributed by atoms with Crippen molar-refractivity contribution in [2.24, 2.45) is 7.05 Å². The normalized spacial score (nSPS) is 10.9. The van der Waals surface area contributed by atoms with Crippen molar-refractivity contribution < 1.29 is 22.7 Å². The van der Waals surface area contributed by atoms with Crippen LogP contribution in [0.4, 0.5) is 29.3 Å². The van der Waals surface area contributed by atoms with Gasteiger partial charge in [0, 0.05) is 48.5 Å². The van der Waals surface area contributed by atoms with Crippen molar-refractivity contribution >= 4 is 17.4 Å². The van der Waals surface area contributed by atoms with Gasteiger partial charge in [0.05, 0.1) is 29.1 Å². The molecule has 0 atom stereocenters. The molecule has 0 spiro atoms. The van der Waals surface area contributed by atoms with Crippen molar-refractivity contribution in [3.63, 3.8) is 0 Å². The van der Waals surface area contributed by atoms with Crippen LogP contribution in [0, 0.1) is 11.3 Å². The summed E-state index contributed by atoms with van der Waals surface area (Å²) in [5.74, 6) is 0.932. The van der Waals surface area contributed by atoms with Crippen LogP contribution in [0.3, 0.4) is 0 Å². The van der Waals surface area contributed by atoms with Crippen LogP contribution in [0.25, 0.3) is 11.3 Å². The van der Waals surface area contributed by atoms with E-state index in [1.807, 2.05) is 6.20 Å². The number of ether oxygens (including phenoxy) is 1. The number of aryl methyl sites for hydroxylation is 1. The van der Waals surface area contributed by atoms with E-state index in [-0.39, 0.29) is 5.69 Å². The Labute approximate surface area is 197 Å². The van der Waals surface area contributed by atoms with E-state index in [2.05, 4.69) is 20.7 Å². The molecule has 35 heavy (non-hydrogen) atoms. The van der Waals surface area contributed by atoms with Crippen molar-refractivity contribution in [1.29, 1.82) is 5.26 Å². The molecule has 2 heterocycles. The molecule has 2 aromatic carbocycles. The van der Waals surface area contributed by atoms with Gasteiger partial charge in [0.15, 0.2) is 0 Å². The number of aromatic nitrogens is 3. The summed E-state index contributed by atoms with van der Waals surface area (Å²) in [6.45, 7) is 0.